The molecular formula is C100H186N4O16. The molecule has 0 saturated heterocycles. The van der Waals surface area contributed by atoms with Crippen LogP contribution >= 0.6 is 0 Å². The summed E-state index contributed by atoms with van der Waals surface area (Å²) in [6.45, 7) is 25.0. The number of carbonyl (C=O) groups is 6. The number of allylic oxidation sites excluding steroid dienone is 8. The van der Waals surface area contributed by atoms with Gasteiger partial charge < -0.3 is 67.8 Å². The smallest absolute Gasteiger partial charge is 0.407 e. The van der Waals surface area contributed by atoms with E-state index in [9.17, 15) is 28.8 Å². The van der Waals surface area contributed by atoms with Crippen molar-refractivity contribution in [1.29, 1.82) is 0 Å². The molecule has 20 heteroatoms. The van der Waals surface area contributed by atoms with Crippen molar-refractivity contribution in [2.75, 3.05) is 118 Å². The molecule has 2 atom stereocenters. The summed E-state index contributed by atoms with van der Waals surface area (Å²) < 4.78 is 59.2. The number of likely N-dealkylation sites (N-methyl/N-ethyl adjacent to an activating group) is 2. The van der Waals surface area contributed by atoms with Crippen molar-refractivity contribution in [3.63, 3.8) is 0 Å². The van der Waals surface area contributed by atoms with E-state index in [1.165, 1.54) is 141 Å². The van der Waals surface area contributed by atoms with Crippen LogP contribution in [0.4, 0.5) is 9.59 Å². The molecule has 20 nitrogen and oxygen atoms in total. The lowest BCUT2D eigenvalue weighted by atomic mass is 10.1. The fraction of sp³-hybridized carbons (Fsp3) is 0.860. The number of nitrogens with zero attached hydrogens (tertiary/aromatic N) is 2. The van der Waals surface area contributed by atoms with Crippen LogP contribution in [-0.2, 0) is 66.5 Å². The highest BCUT2D eigenvalue weighted by molar-refractivity contribution is 5.71. The Balaban J connectivity index is 5.43. The van der Waals surface area contributed by atoms with Crippen LogP contribution in [0.25, 0.3) is 0 Å². The largest absolute Gasteiger partial charge is 0.465 e. The van der Waals surface area contributed by atoms with Gasteiger partial charge in [0.05, 0.1) is 24.7 Å². The number of alkyl carbamates (subject to hydrolysis) is 2. The highest BCUT2D eigenvalue weighted by Gasteiger charge is 2.23. The average molecular weight is 1700 g/mol. The molecule has 120 heavy (non-hydrogen) atoms. The van der Waals surface area contributed by atoms with Crippen molar-refractivity contribution in [2.45, 2.75) is 428 Å². The van der Waals surface area contributed by atoms with Crippen molar-refractivity contribution in [1.82, 2.24) is 20.4 Å². The monoisotopic (exact) mass is 1700 g/mol. The zero-order valence-corrected chi connectivity index (χ0v) is 78.7. The molecular weight excluding hydrogens is 1510 g/mol. The van der Waals surface area contributed by atoms with E-state index in [2.05, 4.69) is 124 Å². The molecule has 0 aromatic carbocycles. The van der Waals surface area contributed by atoms with Crippen LogP contribution < -0.4 is 10.6 Å². The summed E-state index contributed by atoms with van der Waals surface area (Å²) in [6.07, 6.45) is 73.3. The number of carbonyl (C=O) groups excluding carboxylic acids is 6. The Morgan fingerprint density at radius 1 is 0.258 bits per heavy atom. The third-order valence-electron chi connectivity index (χ3n) is 21.8. The summed E-state index contributed by atoms with van der Waals surface area (Å²) in [6, 6.07) is 0. The molecule has 0 aromatic heterocycles. The van der Waals surface area contributed by atoms with Crippen molar-refractivity contribution in [3.8, 4) is 0 Å². The van der Waals surface area contributed by atoms with Crippen LogP contribution in [0.3, 0.4) is 0 Å². The fourth-order valence-electron chi connectivity index (χ4n) is 13.9. The Morgan fingerprint density at radius 3 is 0.800 bits per heavy atom. The van der Waals surface area contributed by atoms with Crippen LogP contribution in [0.15, 0.2) is 48.6 Å². The Labute approximate surface area is 735 Å². The maximum atomic E-state index is 13.3. The van der Waals surface area contributed by atoms with Gasteiger partial charge in [0.1, 0.15) is 39.6 Å². The van der Waals surface area contributed by atoms with Crippen molar-refractivity contribution in [2.24, 2.45) is 11.8 Å². The van der Waals surface area contributed by atoms with Crippen LogP contribution in [0.5, 0.6) is 0 Å². The van der Waals surface area contributed by atoms with Crippen LogP contribution in [0.1, 0.15) is 415 Å². The van der Waals surface area contributed by atoms with Crippen molar-refractivity contribution >= 4 is 36.1 Å². The summed E-state index contributed by atoms with van der Waals surface area (Å²) >= 11 is 0. The lowest BCUT2D eigenvalue weighted by molar-refractivity contribution is -0.161. The van der Waals surface area contributed by atoms with E-state index >= 15 is 0 Å². The summed E-state index contributed by atoms with van der Waals surface area (Å²) in [5.74, 6) is -2.56. The van der Waals surface area contributed by atoms with E-state index in [0.29, 0.717) is 78.3 Å². The fourth-order valence-corrected chi connectivity index (χ4v) is 13.9. The van der Waals surface area contributed by atoms with Crippen molar-refractivity contribution < 1.29 is 76.1 Å². The summed E-state index contributed by atoms with van der Waals surface area (Å²) in [7, 11) is 0. The number of nitrogens with one attached hydrogen (secondary N) is 2. The van der Waals surface area contributed by atoms with E-state index < -0.39 is 48.5 Å². The van der Waals surface area contributed by atoms with Crippen molar-refractivity contribution in [3.05, 3.63) is 48.6 Å². The average Bonchev–Trinajstić information content (AvgIpc) is 0.949. The van der Waals surface area contributed by atoms with E-state index in [0.717, 1.165) is 206 Å². The first kappa shape index (κ1) is 115. The van der Waals surface area contributed by atoms with Gasteiger partial charge in [-0.25, -0.2) is 9.59 Å². The molecule has 0 aliphatic rings. The minimum Gasteiger partial charge on any atom is -0.465 e. The molecule has 0 aromatic rings. The number of unbranched alkanes of at least 4 members (excludes halogenated alkanes) is 39. The molecule has 2 unspecified atom stereocenters. The topological polar surface area (TPSA) is 225 Å². The van der Waals surface area contributed by atoms with Gasteiger partial charge in [-0.3, -0.25) is 19.2 Å². The zero-order chi connectivity index (χ0) is 87.4. The minimum absolute atomic E-state index is 0.0436. The third kappa shape index (κ3) is 84.0. The molecule has 0 saturated carbocycles. The first-order valence-corrected chi connectivity index (χ1v) is 49.8. The molecule has 0 spiro atoms. The Bertz CT molecular complexity index is 2200. The molecule has 702 valence electrons. The SMILES string of the molecule is CCCCC/C=C\C/C=C\CCCCCCCC(=O)OCC(COC(=O)CCC(OCCCCCCCC)OCCCCCCCC)COC(=O)NCCN(CC)CCCCCCN(CC)CCNC(=O)OCC(COC(=O)CCCCCCC/C=C\C/C=C\CCCCC)COC(=O)CCC(OCCCCCCCC)OCCCCCCCC. The molecule has 0 rings (SSSR count). The highest BCUT2D eigenvalue weighted by Crippen LogP contribution is 2.19. The lowest BCUT2D eigenvalue weighted by Gasteiger charge is -2.22. The zero-order valence-electron chi connectivity index (χ0n) is 78.7. The number of amides is 2. The van der Waals surface area contributed by atoms with E-state index in [1.54, 1.807) is 0 Å². The van der Waals surface area contributed by atoms with Crippen LogP contribution in [-0.4, -0.2) is 177 Å². The van der Waals surface area contributed by atoms with E-state index in [4.69, 9.17) is 47.4 Å². The molecule has 2 amide bonds. The second kappa shape index (κ2) is 93.3. The molecule has 0 radical (unpaired) electrons. The van der Waals surface area contributed by atoms with Crippen LogP contribution in [0.2, 0.25) is 0 Å². The lowest BCUT2D eigenvalue weighted by Crippen LogP contribution is -2.37. The molecule has 0 bridgehead atoms. The molecule has 2 N–H and O–H groups in total. The number of rotatable bonds is 93. The molecule has 0 fully saturated rings. The van der Waals surface area contributed by atoms with E-state index in [-0.39, 0.29) is 64.4 Å². The Morgan fingerprint density at radius 2 is 0.500 bits per heavy atom. The first-order chi connectivity index (χ1) is 58.9. The maximum Gasteiger partial charge on any atom is 0.407 e. The maximum absolute atomic E-state index is 13.3. The first-order valence-electron chi connectivity index (χ1n) is 49.8. The Hall–Kier alpha value is -4.86. The number of hydrogen-bond donors (Lipinski definition) is 2. The second-order valence-electron chi connectivity index (χ2n) is 33.2. The summed E-state index contributed by atoms with van der Waals surface area (Å²) in [5, 5.41) is 5.80. The van der Waals surface area contributed by atoms with Gasteiger partial charge in [-0.15, -0.1) is 0 Å². The van der Waals surface area contributed by atoms with Crippen LogP contribution in [0, 0.1) is 11.8 Å². The van der Waals surface area contributed by atoms with E-state index in [1.807, 2.05) is 0 Å². The second-order valence-corrected chi connectivity index (χ2v) is 33.2. The van der Waals surface area contributed by atoms with Gasteiger partial charge in [0, 0.05) is 78.3 Å². The Kier molecular flexibility index (Phi) is 89.5. The van der Waals surface area contributed by atoms with Gasteiger partial charge in [0.2, 0.25) is 0 Å². The third-order valence-corrected chi connectivity index (χ3v) is 21.8. The standard InChI is InChI=1S/C100H186N4O16/c1-9-17-23-29-35-37-39-41-43-45-47-49-51-53-61-69-93(105)115-85-91(87-117-95(107)71-73-97(111-81-65-57-31-25-19-11-3)112-82-66-58-32-26-20-12-4)89-119-99(109)101-75-79-103(15-7)77-63-55-56-64-78-104(16-8)80-76-102-100(110)120-90-92(86-116-94(106)70-62-54-52-50-48-46-44-42-40-38-36-30-24-18-10-2)88-118-96(108)72-74-98(113-83-67-59-33-27-21-13-5)114-84-68-60-34-28-22-14-6/h35-38,41-44,91-92,97-98H,9-34,39-40,45-90H2,1-8H3,(H,101,109)(H,102,110)/b37-35-,38-36-,43-41-,44-42-. The van der Waals surface area contributed by atoms with Gasteiger partial charge in [-0.1, -0.05) is 309 Å². The van der Waals surface area contributed by atoms with Gasteiger partial charge in [-0.2, -0.15) is 0 Å². The highest BCUT2D eigenvalue weighted by atomic mass is 16.7. The van der Waals surface area contributed by atoms with Gasteiger partial charge in [-0.05, 0) is 142 Å². The van der Waals surface area contributed by atoms with Gasteiger partial charge in [0.25, 0.3) is 0 Å². The number of ether oxygens (including phenoxy) is 10. The molecule has 0 aliphatic heterocycles. The summed E-state index contributed by atoms with van der Waals surface area (Å²) in [5.41, 5.74) is 0. The summed E-state index contributed by atoms with van der Waals surface area (Å²) in [4.78, 5) is 83.7. The van der Waals surface area contributed by atoms with Gasteiger partial charge >= 0.3 is 36.1 Å². The predicted octanol–water partition coefficient (Wildman–Crippen LogP) is 25.4. The quantitative estimate of drug-likeness (QED) is 0.0190. The molecule has 0 aliphatic carbocycles. The predicted molar refractivity (Wildman–Crippen MR) is 494 cm³/mol. The number of esters is 4. The minimum atomic E-state index is -0.583. The molecule has 0 heterocycles. The van der Waals surface area contributed by atoms with Gasteiger partial charge in [0.15, 0.2) is 12.6 Å². The normalized spacial score (nSPS) is 12.4. The number of hydrogen-bond acceptors (Lipinski definition) is 18.